The van der Waals surface area contributed by atoms with Gasteiger partial charge in [0.2, 0.25) is 5.91 Å². The molecule has 0 aliphatic carbocycles. The summed E-state index contributed by atoms with van der Waals surface area (Å²) in [5.41, 5.74) is 2.89. The minimum absolute atomic E-state index is 0.0275. The smallest absolute Gasteiger partial charge is 0.237 e. The fourth-order valence-electron chi connectivity index (χ4n) is 2.42. The summed E-state index contributed by atoms with van der Waals surface area (Å²) in [7, 11) is 1.86. The van der Waals surface area contributed by atoms with Crippen LogP contribution in [0.1, 0.15) is 18.4 Å². The molecule has 1 unspecified atom stereocenters. The molecule has 0 spiro atoms. The number of benzene rings is 1. The summed E-state index contributed by atoms with van der Waals surface area (Å²) in [5, 5.41) is 14.2. The number of hydrogen-bond acceptors (Lipinski definition) is 4. The number of aryl methyl sites for hydroxylation is 1. The molecule has 6 heteroatoms. The number of amides is 1. The van der Waals surface area contributed by atoms with Crippen LogP contribution in [0.15, 0.2) is 18.2 Å². The van der Waals surface area contributed by atoms with Crippen molar-refractivity contribution in [3.05, 3.63) is 23.8 Å². The molecule has 1 aliphatic rings. The molecule has 0 saturated carbocycles. The average molecular weight is 259 g/mol. The molecule has 1 saturated heterocycles. The number of carbonyl (C=O) groups is 1. The van der Waals surface area contributed by atoms with E-state index < -0.39 is 0 Å². The monoisotopic (exact) mass is 259 g/mol. The Labute approximate surface area is 111 Å². The quantitative estimate of drug-likeness (QED) is 0.833. The van der Waals surface area contributed by atoms with E-state index in [1.807, 2.05) is 25.2 Å². The first-order chi connectivity index (χ1) is 9.24. The molecule has 1 fully saturated rings. The van der Waals surface area contributed by atoms with Crippen molar-refractivity contribution in [3.63, 3.8) is 0 Å². The van der Waals surface area contributed by atoms with Gasteiger partial charge in [-0.15, -0.1) is 5.10 Å². The van der Waals surface area contributed by atoms with Crippen molar-refractivity contribution < 1.29 is 4.79 Å². The van der Waals surface area contributed by atoms with E-state index in [0.29, 0.717) is 6.54 Å². The maximum absolute atomic E-state index is 11.9. The predicted molar refractivity (Wildman–Crippen MR) is 71.4 cm³/mol. The van der Waals surface area contributed by atoms with Crippen LogP contribution in [0.2, 0.25) is 0 Å². The summed E-state index contributed by atoms with van der Waals surface area (Å²) in [6.45, 7) is 1.47. The van der Waals surface area contributed by atoms with Crippen molar-refractivity contribution in [3.8, 4) is 0 Å². The minimum Gasteiger partial charge on any atom is -0.351 e. The second-order valence-electron chi connectivity index (χ2n) is 4.90. The van der Waals surface area contributed by atoms with Gasteiger partial charge in [-0.1, -0.05) is 11.3 Å². The van der Waals surface area contributed by atoms with Crippen LogP contribution in [0.4, 0.5) is 0 Å². The van der Waals surface area contributed by atoms with Gasteiger partial charge in [-0.3, -0.25) is 4.79 Å². The second kappa shape index (κ2) is 4.97. The predicted octanol–water partition coefficient (Wildman–Crippen LogP) is 0.336. The van der Waals surface area contributed by atoms with Gasteiger partial charge in [0, 0.05) is 13.6 Å². The van der Waals surface area contributed by atoms with Crippen LogP contribution in [0.5, 0.6) is 0 Å². The van der Waals surface area contributed by atoms with E-state index in [9.17, 15) is 4.79 Å². The molecular formula is C13H17N5O. The summed E-state index contributed by atoms with van der Waals surface area (Å²) in [6.07, 6.45) is 2.00. The van der Waals surface area contributed by atoms with Gasteiger partial charge in [-0.25, -0.2) is 4.68 Å². The van der Waals surface area contributed by atoms with Crippen molar-refractivity contribution >= 4 is 16.9 Å². The van der Waals surface area contributed by atoms with E-state index in [0.717, 1.165) is 36.0 Å². The van der Waals surface area contributed by atoms with Gasteiger partial charge in [0.25, 0.3) is 0 Å². The third-order valence-electron chi connectivity index (χ3n) is 3.52. The van der Waals surface area contributed by atoms with Crippen molar-refractivity contribution in [1.82, 2.24) is 25.6 Å². The SMILES string of the molecule is Cn1nnc2cc(CNC(=O)C3CCCN3)ccc21. The molecule has 1 aromatic heterocycles. The molecule has 3 rings (SSSR count). The van der Waals surface area contributed by atoms with E-state index in [-0.39, 0.29) is 11.9 Å². The van der Waals surface area contributed by atoms with E-state index in [1.54, 1.807) is 4.68 Å². The molecule has 1 amide bonds. The van der Waals surface area contributed by atoms with Gasteiger partial charge in [-0.2, -0.15) is 0 Å². The number of nitrogens with one attached hydrogen (secondary N) is 2. The Kier molecular flexibility index (Phi) is 3.16. The lowest BCUT2D eigenvalue weighted by atomic mass is 10.2. The van der Waals surface area contributed by atoms with Crippen LogP contribution in [0.3, 0.4) is 0 Å². The highest BCUT2D eigenvalue weighted by atomic mass is 16.2. The number of fused-ring (bicyclic) bond motifs is 1. The molecule has 6 nitrogen and oxygen atoms in total. The lowest BCUT2D eigenvalue weighted by Crippen LogP contribution is -2.39. The number of rotatable bonds is 3. The summed E-state index contributed by atoms with van der Waals surface area (Å²) in [5.74, 6) is 0.0803. The van der Waals surface area contributed by atoms with Gasteiger partial charge < -0.3 is 10.6 Å². The molecule has 2 N–H and O–H groups in total. The largest absolute Gasteiger partial charge is 0.351 e. The van der Waals surface area contributed by atoms with Crippen molar-refractivity contribution in [2.24, 2.45) is 7.05 Å². The minimum atomic E-state index is -0.0275. The van der Waals surface area contributed by atoms with Crippen LogP contribution in [-0.2, 0) is 18.4 Å². The second-order valence-corrected chi connectivity index (χ2v) is 4.90. The average Bonchev–Trinajstić information content (AvgIpc) is 3.06. The highest BCUT2D eigenvalue weighted by Crippen LogP contribution is 2.12. The maximum Gasteiger partial charge on any atom is 0.237 e. The van der Waals surface area contributed by atoms with Crippen molar-refractivity contribution in [2.75, 3.05) is 6.54 Å². The van der Waals surface area contributed by atoms with Crippen LogP contribution in [0, 0.1) is 0 Å². The highest BCUT2D eigenvalue weighted by molar-refractivity contribution is 5.82. The maximum atomic E-state index is 11.9. The van der Waals surface area contributed by atoms with E-state index >= 15 is 0 Å². The van der Waals surface area contributed by atoms with E-state index in [4.69, 9.17) is 0 Å². The van der Waals surface area contributed by atoms with Crippen molar-refractivity contribution in [2.45, 2.75) is 25.4 Å². The molecule has 100 valence electrons. The molecule has 0 bridgehead atoms. The Balaban J connectivity index is 1.66. The Morgan fingerprint density at radius 3 is 3.26 bits per heavy atom. The molecule has 1 aromatic carbocycles. The lowest BCUT2D eigenvalue weighted by molar-refractivity contribution is -0.122. The molecule has 0 radical (unpaired) electrons. The van der Waals surface area contributed by atoms with Crippen molar-refractivity contribution in [1.29, 1.82) is 0 Å². The molecule has 2 heterocycles. The Bertz CT molecular complexity index is 600. The summed E-state index contributed by atoms with van der Waals surface area (Å²) in [4.78, 5) is 11.9. The first kappa shape index (κ1) is 12.1. The van der Waals surface area contributed by atoms with Gasteiger partial charge in [0.1, 0.15) is 5.52 Å². The lowest BCUT2D eigenvalue weighted by Gasteiger charge is -2.10. The zero-order chi connectivity index (χ0) is 13.2. The molecule has 1 aliphatic heterocycles. The number of carbonyl (C=O) groups excluding carboxylic acids is 1. The molecule has 2 aromatic rings. The van der Waals surface area contributed by atoms with Crippen LogP contribution in [0.25, 0.3) is 11.0 Å². The first-order valence-corrected chi connectivity index (χ1v) is 6.53. The zero-order valence-electron chi connectivity index (χ0n) is 10.9. The summed E-state index contributed by atoms with van der Waals surface area (Å²) < 4.78 is 1.74. The van der Waals surface area contributed by atoms with Gasteiger partial charge >= 0.3 is 0 Å². The van der Waals surface area contributed by atoms with Gasteiger partial charge in [0.05, 0.1) is 11.6 Å². The number of nitrogens with zero attached hydrogens (tertiary/aromatic N) is 3. The van der Waals surface area contributed by atoms with Crippen LogP contribution in [-0.4, -0.2) is 33.5 Å². The third kappa shape index (κ3) is 2.44. The Hall–Kier alpha value is -1.95. The van der Waals surface area contributed by atoms with E-state index in [1.165, 1.54) is 0 Å². The van der Waals surface area contributed by atoms with E-state index in [2.05, 4.69) is 20.9 Å². The van der Waals surface area contributed by atoms with Gasteiger partial charge in [0.15, 0.2) is 0 Å². The topological polar surface area (TPSA) is 71.8 Å². The zero-order valence-corrected chi connectivity index (χ0v) is 10.9. The van der Waals surface area contributed by atoms with Gasteiger partial charge in [-0.05, 0) is 37.1 Å². The Morgan fingerprint density at radius 2 is 2.47 bits per heavy atom. The standard InChI is InChI=1S/C13H17N5O/c1-18-12-5-4-9(7-11(12)16-17-18)8-15-13(19)10-3-2-6-14-10/h4-5,7,10,14H,2-3,6,8H2,1H3,(H,15,19). The first-order valence-electron chi connectivity index (χ1n) is 6.53. The molecule has 1 atom stereocenters. The summed E-state index contributed by atoms with van der Waals surface area (Å²) >= 11 is 0. The normalized spacial score (nSPS) is 18.9. The summed E-state index contributed by atoms with van der Waals surface area (Å²) in [6, 6.07) is 5.91. The Morgan fingerprint density at radius 1 is 1.58 bits per heavy atom. The fourth-order valence-corrected chi connectivity index (χ4v) is 2.42. The fraction of sp³-hybridized carbons (Fsp3) is 0.462. The van der Waals surface area contributed by atoms with Crippen LogP contribution < -0.4 is 10.6 Å². The van der Waals surface area contributed by atoms with Crippen LogP contribution >= 0.6 is 0 Å². The number of hydrogen-bond donors (Lipinski definition) is 2. The highest BCUT2D eigenvalue weighted by Gasteiger charge is 2.21. The molecule has 19 heavy (non-hydrogen) atoms. The molecular weight excluding hydrogens is 242 g/mol. The number of aromatic nitrogens is 3. The third-order valence-corrected chi connectivity index (χ3v) is 3.52.